The van der Waals surface area contributed by atoms with Gasteiger partial charge in [0.1, 0.15) is 17.2 Å². The molecular formula is C24H21NO4. The Morgan fingerprint density at radius 3 is 1.76 bits per heavy atom. The standard InChI is InChI=1S/C24H21NO4/c1-28-14-6-8-16(9-7-14)29-15-4-2-13(3-5-15)25-23(26)21-17-10-11-18(20-12-19(17)20)22(21)24(25)27/h2-11,17-22H,12H2,1H3/t17-,18-,19-,20-,21+,22+/m0/s1. The van der Waals surface area contributed by atoms with Gasteiger partial charge in [-0.1, -0.05) is 12.2 Å². The molecule has 2 aromatic carbocycles. The molecule has 29 heavy (non-hydrogen) atoms. The Morgan fingerprint density at radius 1 is 0.759 bits per heavy atom. The number of amides is 2. The maximum Gasteiger partial charge on any atom is 0.238 e. The second kappa shape index (κ2) is 5.96. The molecular weight excluding hydrogens is 366 g/mol. The summed E-state index contributed by atoms with van der Waals surface area (Å²) in [7, 11) is 1.62. The molecule has 2 aromatic rings. The van der Waals surface area contributed by atoms with Crippen LogP contribution in [-0.4, -0.2) is 18.9 Å². The maximum absolute atomic E-state index is 13.2. The maximum atomic E-state index is 13.2. The number of hydrogen-bond donors (Lipinski definition) is 0. The summed E-state index contributed by atoms with van der Waals surface area (Å²) in [5, 5.41) is 0. The van der Waals surface area contributed by atoms with Crippen molar-refractivity contribution >= 4 is 17.5 Å². The molecule has 0 radical (unpaired) electrons. The van der Waals surface area contributed by atoms with E-state index in [2.05, 4.69) is 12.2 Å². The smallest absolute Gasteiger partial charge is 0.238 e. The third-order valence-electron chi connectivity index (χ3n) is 7.05. The molecule has 146 valence electrons. The van der Waals surface area contributed by atoms with E-state index in [1.54, 1.807) is 31.4 Å². The van der Waals surface area contributed by atoms with E-state index in [4.69, 9.17) is 9.47 Å². The van der Waals surface area contributed by atoms with E-state index in [0.29, 0.717) is 29.0 Å². The number of ether oxygens (including phenoxy) is 2. The third kappa shape index (κ3) is 2.40. The third-order valence-corrected chi connectivity index (χ3v) is 7.05. The van der Waals surface area contributed by atoms with Crippen LogP contribution in [0.3, 0.4) is 0 Å². The fourth-order valence-electron chi connectivity index (χ4n) is 5.65. The zero-order chi connectivity index (χ0) is 19.7. The second-order valence-electron chi connectivity index (χ2n) is 8.44. The number of methoxy groups -OCH3 is 1. The molecule has 6 atom stereocenters. The molecule has 1 saturated heterocycles. The highest BCUT2D eigenvalue weighted by atomic mass is 16.5. The molecule has 1 heterocycles. The lowest BCUT2D eigenvalue weighted by atomic mass is 9.63. The van der Waals surface area contributed by atoms with Gasteiger partial charge in [0.05, 0.1) is 24.6 Å². The zero-order valence-electron chi connectivity index (χ0n) is 16.0. The first kappa shape index (κ1) is 16.8. The molecule has 5 heteroatoms. The number of benzene rings is 2. The Hall–Kier alpha value is -3.08. The zero-order valence-corrected chi connectivity index (χ0v) is 16.0. The number of nitrogens with zero attached hydrogens (tertiary/aromatic N) is 1. The van der Waals surface area contributed by atoms with Gasteiger partial charge in [0.25, 0.3) is 0 Å². The Bertz CT molecular complexity index is 990. The first-order valence-electron chi connectivity index (χ1n) is 10.1. The molecule has 2 bridgehead atoms. The molecule has 5 aliphatic rings. The van der Waals surface area contributed by atoms with Crippen molar-refractivity contribution in [1.29, 1.82) is 0 Å². The van der Waals surface area contributed by atoms with Crippen LogP contribution in [0.4, 0.5) is 5.69 Å². The minimum Gasteiger partial charge on any atom is -0.497 e. The molecule has 5 nitrogen and oxygen atoms in total. The lowest BCUT2D eigenvalue weighted by molar-refractivity contribution is -0.124. The van der Waals surface area contributed by atoms with Crippen LogP contribution in [0.5, 0.6) is 17.2 Å². The molecule has 0 spiro atoms. The van der Waals surface area contributed by atoms with Gasteiger partial charge in [-0.2, -0.15) is 0 Å². The highest BCUT2D eigenvalue weighted by Gasteiger charge is 2.67. The van der Waals surface area contributed by atoms with Crippen molar-refractivity contribution in [2.24, 2.45) is 35.5 Å². The number of carbonyl (C=O) groups is 2. The summed E-state index contributed by atoms with van der Waals surface area (Å²) in [6.07, 6.45) is 5.56. The summed E-state index contributed by atoms with van der Waals surface area (Å²) in [6, 6.07) is 14.5. The summed E-state index contributed by atoms with van der Waals surface area (Å²) in [6.45, 7) is 0. The number of anilines is 1. The van der Waals surface area contributed by atoms with Gasteiger partial charge in [0.15, 0.2) is 0 Å². The Balaban J connectivity index is 1.23. The van der Waals surface area contributed by atoms with Crippen molar-refractivity contribution in [2.75, 3.05) is 12.0 Å². The van der Waals surface area contributed by atoms with E-state index in [1.165, 1.54) is 11.3 Å². The predicted octanol–water partition coefficient (Wildman–Crippen LogP) is 4.05. The van der Waals surface area contributed by atoms with Crippen molar-refractivity contribution < 1.29 is 19.1 Å². The van der Waals surface area contributed by atoms with E-state index in [0.717, 1.165) is 5.75 Å². The Morgan fingerprint density at radius 2 is 1.24 bits per heavy atom. The van der Waals surface area contributed by atoms with Crippen molar-refractivity contribution in [3.05, 3.63) is 60.7 Å². The van der Waals surface area contributed by atoms with Crippen molar-refractivity contribution in [2.45, 2.75) is 6.42 Å². The minimum absolute atomic E-state index is 0.0338. The van der Waals surface area contributed by atoms with Crippen LogP contribution in [0.15, 0.2) is 60.7 Å². The van der Waals surface area contributed by atoms with Gasteiger partial charge < -0.3 is 9.47 Å². The van der Waals surface area contributed by atoms with Gasteiger partial charge >= 0.3 is 0 Å². The van der Waals surface area contributed by atoms with Gasteiger partial charge in [-0.05, 0) is 78.6 Å². The number of carbonyl (C=O) groups excluding carboxylic acids is 2. The highest BCUT2D eigenvalue weighted by molar-refractivity contribution is 6.22. The highest BCUT2D eigenvalue weighted by Crippen LogP contribution is 2.65. The van der Waals surface area contributed by atoms with Crippen LogP contribution in [-0.2, 0) is 9.59 Å². The van der Waals surface area contributed by atoms with Gasteiger partial charge in [-0.15, -0.1) is 0 Å². The lowest BCUT2D eigenvalue weighted by Gasteiger charge is -2.37. The molecule has 4 aliphatic carbocycles. The topological polar surface area (TPSA) is 55.8 Å². The number of hydrogen-bond acceptors (Lipinski definition) is 4. The summed E-state index contributed by atoms with van der Waals surface area (Å²) < 4.78 is 11.0. The fraction of sp³-hybridized carbons (Fsp3) is 0.333. The number of allylic oxidation sites excluding steroid dienone is 2. The molecule has 2 amide bonds. The van der Waals surface area contributed by atoms with Crippen molar-refractivity contribution in [3.63, 3.8) is 0 Å². The Labute approximate surface area is 168 Å². The van der Waals surface area contributed by atoms with E-state index >= 15 is 0 Å². The van der Waals surface area contributed by atoms with Gasteiger partial charge in [-0.25, -0.2) is 0 Å². The second-order valence-corrected chi connectivity index (χ2v) is 8.44. The van der Waals surface area contributed by atoms with Gasteiger partial charge in [0, 0.05) is 0 Å². The summed E-state index contributed by atoms with van der Waals surface area (Å²) in [5.74, 6) is 3.42. The monoisotopic (exact) mass is 387 g/mol. The average molecular weight is 387 g/mol. The van der Waals surface area contributed by atoms with E-state index < -0.39 is 0 Å². The SMILES string of the molecule is COc1ccc(Oc2ccc(N3C(=O)[C@@H]4[C@H]5C=C[C@@H]([C@@H]6C[C@@H]56)[C@H]4C3=O)cc2)cc1. The minimum atomic E-state index is -0.170. The normalized spacial score (nSPS) is 33.5. The van der Waals surface area contributed by atoms with Gasteiger partial charge in [0.2, 0.25) is 11.8 Å². The first-order valence-corrected chi connectivity index (χ1v) is 10.1. The fourth-order valence-corrected chi connectivity index (χ4v) is 5.65. The first-order chi connectivity index (χ1) is 14.2. The molecule has 2 saturated carbocycles. The molecule has 0 aromatic heterocycles. The quantitative estimate of drug-likeness (QED) is 0.587. The lowest BCUT2D eigenvalue weighted by Crippen LogP contribution is -2.40. The van der Waals surface area contributed by atoms with Gasteiger partial charge in [-0.3, -0.25) is 14.5 Å². The van der Waals surface area contributed by atoms with E-state index in [1.807, 2.05) is 24.3 Å². The molecule has 3 fully saturated rings. The van der Waals surface area contributed by atoms with Crippen LogP contribution >= 0.6 is 0 Å². The number of imide groups is 1. The Kier molecular flexibility index (Phi) is 3.46. The van der Waals surface area contributed by atoms with Crippen molar-refractivity contribution in [3.8, 4) is 17.2 Å². The van der Waals surface area contributed by atoms with Crippen LogP contribution in [0.25, 0.3) is 0 Å². The summed E-state index contributed by atoms with van der Waals surface area (Å²) in [5.41, 5.74) is 0.629. The summed E-state index contributed by atoms with van der Waals surface area (Å²) >= 11 is 0. The average Bonchev–Trinajstić information content (AvgIpc) is 3.53. The molecule has 0 N–H and O–H groups in total. The van der Waals surface area contributed by atoms with Crippen LogP contribution < -0.4 is 14.4 Å². The predicted molar refractivity (Wildman–Crippen MR) is 107 cm³/mol. The van der Waals surface area contributed by atoms with Crippen LogP contribution in [0, 0.1) is 35.5 Å². The van der Waals surface area contributed by atoms with Crippen LogP contribution in [0.1, 0.15) is 6.42 Å². The molecule has 0 unspecified atom stereocenters. The van der Waals surface area contributed by atoms with E-state index in [9.17, 15) is 9.59 Å². The van der Waals surface area contributed by atoms with Crippen molar-refractivity contribution in [1.82, 2.24) is 0 Å². The molecule has 1 aliphatic heterocycles. The largest absolute Gasteiger partial charge is 0.497 e. The molecule has 7 rings (SSSR count). The summed E-state index contributed by atoms with van der Waals surface area (Å²) in [4.78, 5) is 27.7. The number of rotatable bonds is 4. The van der Waals surface area contributed by atoms with Crippen LogP contribution in [0.2, 0.25) is 0 Å². The van der Waals surface area contributed by atoms with E-state index in [-0.39, 0.29) is 35.5 Å².